The highest BCUT2D eigenvalue weighted by Gasteiger charge is 2.07. The summed E-state index contributed by atoms with van der Waals surface area (Å²) in [6.07, 6.45) is 3.32. The van der Waals surface area contributed by atoms with Crippen molar-refractivity contribution in [3.63, 3.8) is 0 Å². The largest absolute Gasteiger partial charge is 0.477 e. The molecule has 23 heavy (non-hydrogen) atoms. The summed E-state index contributed by atoms with van der Waals surface area (Å²) in [4.78, 5) is 16.1. The lowest BCUT2D eigenvalue weighted by Crippen LogP contribution is -2.28. The quantitative estimate of drug-likeness (QED) is 0.857. The Labute approximate surface area is 136 Å². The van der Waals surface area contributed by atoms with Gasteiger partial charge in [0.25, 0.3) is 0 Å². The van der Waals surface area contributed by atoms with Crippen molar-refractivity contribution in [2.45, 2.75) is 27.3 Å². The lowest BCUT2D eigenvalue weighted by Gasteiger charge is -2.09. The Hall–Kier alpha value is -2.57. The number of hydrogen-bond acceptors (Lipinski definition) is 4. The van der Waals surface area contributed by atoms with Crippen LogP contribution in [-0.2, 0) is 13.6 Å². The molecule has 0 aromatic carbocycles. The number of aromatic nitrogens is 3. The highest BCUT2D eigenvalue weighted by atomic mass is 16.5. The molecule has 7 nitrogen and oxygen atoms in total. The fraction of sp³-hybridized carbons (Fsp3) is 0.438. The molecule has 0 radical (unpaired) electrons. The molecular weight excluding hydrogens is 294 g/mol. The van der Waals surface area contributed by atoms with E-state index < -0.39 is 0 Å². The van der Waals surface area contributed by atoms with E-state index >= 15 is 0 Å². The predicted molar refractivity (Wildman–Crippen MR) is 88.4 cm³/mol. The number of nitrogens with one attached hydrogen (secondary N) is 2. The lowest BCUT2D eigenvalue weighted by atomic mass is 10.2. The van der Waals surface area contributed by atoms with Crippen LogP contribution in [0.15, 0.2) is 24.5 Å². The van der Waals surface area contributed by atoms with E-state index in [1.54, 1.807) is 29.2 Å². The van der Waals surface area contributed by atoms with Gasteiger partial charge >= 0.3 is 6.03 Å². The number of anilines is 1. The second-order valence-electron chi connectivity index (χ2n) is 5.78. The minimum Gasteiger partial charge on any atom is -0.477 e. The molecule has 0 aliphatic heterocycles. The first-order valence-corrected chi connectivity index (χ1v) is 7.57. The van der Waals surface area contributed by atoms with Gasteiger partial charge in [-0.05, 0) is 18.9 Å². The van der Waals surface area contributed by atoms with Crippen molar-refractivity contribution in [2.75, 3.05) is 11.9 Å². The Morgan fingerprint density at radius 2 is 2.13 bits per heavy atom. The second kappa shape index (κ2) is 7.62. The molecule has 0 spiro atoms. The summed E-state index contributed by atoms with van der Waals surface area (Å²) < 4.78 is 7.27. The standard InChI is InChI=1S/C16H23N5O2/c1-11(2)10-23-15-6-5-14(9-17-15)20-16(22)18-7-13-8-19-21(4)12(13)3/h5-6,8-9,11H,7,10H2,1-4H3,(H2,18,20,22). The molecule has 2 amide bonds. The van der Waals surface area contributed by atoms with Gasteiger partial charge in [0.1, 0.15) is 0 Å². The first-order chi connectivity index (χ1) is 11.0. The second-order valence-corrected chi connectivity index (χ2v) is 5.78. The fourth-order valence-electron chi connectivity index (χ4n) is 1.86. The van der Waals surface area contributed by atoms with Gasteiger partial charge in [0.15, 0.2) is 0 Å². The van der Waals surface area contributed by atoms with Gasteiger partial charge in [0.05, 0.1) is 24.7 Å². The number of carbonyl (C=O) groups excluding carboxylic acids is 1. The van der Waals surface area contributed by atoms with E-state index in [-0.39, 0.29) is 6.03 Å². The molecule has 0 bridgehead atoms. The van der Waals surface area contributed by atoms with E-state index in [1.807, 2.05) is 14.0 Å². The summed E-state index contributed by atoms with van der Waals surface area (Å²) in [7, 11) is 1.87. The molecule has 2 rings (SSSR count). The number of hydrogen-bond donors (Lipinski definition) is 2. The van der Waals surface area contributed by atoms with Gasteiger partial charge in [-0.2, -0.15) is 5.10 Å². The zero-order chi connectivity index (χ0) is 16.8. The van der Waals surface area contributed by atoms with Gasteiger partial charge in [-0.3, -0.25) is 4.68 Å². The Kier molecular flexibility index (Phi) is 5.56. The zero-order valence-electron chi connectivity index (χ0n) is 14.0. The van der Waals surface area contributed by atoms with Crippen molar-refractivity contribution in [1.82, 2.24) is 20.1 Å². The van der Waals surface area contributed by atoms with Gasteiger partial charge in [0.2, 0.25) is 5.88 Å². The highest BCUT2D eigenvalue weighted by molar-refractivity contribution is 5.88. The number of aryl methyl sites for hydroxylation is 1. The average molecular weight is 317 g/mol. The topological polar surface area (TPSA) is 81.1 Å². The molecule has 2 aromatic heterocycles. The van der Waals surface area contributed by atoms with Crippen LogP contribution in [0.4, 0.5) is 10.5 Å². The van der Waals surface area contributed by atoms with Crippen molar-refractivity contribution in [3.05, 3.63) is 35.8 Å². The maximum Gasteiger partial charge on any atom is 0.319 e. The Morgan fingerprint density at radius 1 is 1.35 bits per heavy atom. The monoisotopic (exact) mass is 317 g/mol. The molecule has 0 unspecified atom stereocenters. The van der Waals surface area contributed by atoms with Crippen LogP contribution < -0.4 is 15.4 Å². The van der Waals surface area contributed by atoms with Crippen LogP contribution >= 0.6 is 0 Å². The van der Waals surface area contributed by atoms with Crippen LogP contribution in [0.2, 0.25) is 0 Å². The molecule has 2 heterocycles. The smallest absolute Gasteiger partial charge is 0.319 e. The number of urea groups is 1. The van der Waals surface area contributed by atoms with Crippen LogP contribution in [0.1, 0.15) is 25.1 Å². The van der Waals surface area contributed by atoms with Crippen LogP contribution in [0, 0.1) is 12.8 Å². The van der Waals surface area contributed by atoms with E-state index in [0.717, 1.165) is 11.3 Å². The third-order valence-electron chi connectivity index (χ3n) is 3.34. The Balaban J connectivity index is 1.82. The number of nitrogens with zero attached hydrogens (tertiary/aromatic N) is 3. The van der Waals surface area contributed by atoms with E-state index in [4.69, 9.17) is 4.74 Å². The van der Waals surface area contributed by atoms with Gasteiger partial charge < -0.3 is 15.4 Å². The molecule has 0 aliphatic rings. The Morgan fingerprint density at radius 3 is 2.70 bits per heavy atom. The van der Waals surface area contributed by atoms with Crippen molar-refractivity contribution in [2.24, 2.45) is 13.0 Å². The number of ether oxygens (including phenoxy) is 1. The molecule has 7 heteroatoms. The third kappa shape index (κ3) is 4.98. The van der Waals surface area contributed by atoms with Crippen LogP contribution in [0.25, 0.3) is 0 Å². The minimum absolute atomic E-state index is 0.286. The summed E-state index contributed by atoms with van der Waals surface area (Å²) in [6, 6.07) is 3.21. The lowest BCUT2D eigenvalue weighted by molar-refractivity contribution is 0.251. The van der Waals surface area contributed by atoms with Crippen molar-refractivity contribution >= 4 is 11.7 Å². The van der Waals surface area contributed by atoms with Crippen LogP contribution in [0.3, 0.4) is 0 Å². The van der Waals surface area contributed by atoms with Gasteiger partial charge in [-0.15, -0.1) is 0 Å². The van der Waals surface area contributed by atoms with E-state index in [9.17, 15) is 4.79 Å². The van der Waals surface area contributed by atoms with Gasteiger partial charge in [-0.25, -0.2) is 9.78 Å². The summed E-state index contributed by atoms with van der Waals surface area (Å²) in [5.41, 5.74) is 2.62. The summed E-state index contributed by atoms with van der Waals surface area (Å²) >= 11 is 0. The number of pyridine rings is 1. The van der Waals surface area contributed by atoms with Crippen LogP contribution in [0.5, 0.6) is 5.88 Å². The number of rotatable bonds is 6. The van der Waals surface area contributed by atoms with Crippen molar-refractivity contribution < 1.29 is 9.53 Å². The predicted octanol–water partition coefficient (Wildman–Crippen LogP) is 2.48. The number of amides is 2. The minimum atomic E-state index is -0.286. The normalized spacial score (nSPS) is 10.7. The highest BCUT2D eigenvalue weighted by Crippen LogP contribution is 2.12. The zero-order valence-corrected chi connectivity index (χ0v) is 14.0. The molecule has 0 saturated carbocycles. The molecule has 2 N–H and O–H groups in total. The summed E-state index contributed by atoms with van der Waals surface area (Å²) in [6.45, 7) is 7.15. The average Bonchev–Trinajstić information content (AvgIpc) is 2.84. The first kappa shape index (κ1) is 16.8. The van der Waals surface area contributed by atoms with Crippen molar-refractivity contribution in [3.8, 4) is 5.88 Å². The van der Waals surface area contributed by atoms with E-state index in [1.165, 1.54) is 0 Å². The fourth-order valence-corrected chi connectivity index (χ4v) is 1.86. The van der Waals surface area contributed by atoms with Crippen LogP contribution in [-0.4, -0.2) is 27.4 Å². The Bertz CT molecular complexity index is 649. The molecule has 0 fully saturated rings. The molecule has 124 valence electrons. The third-order valence-corrected chi connectivity index (χ3v) is 3.34. The van der Waals surface area contributed by atoms with Crippen molar-refractivity contribution in [1.29, 1.82) is 0 Å². The van der Waals surface area contributed by atoms with E-state index in [0.29, 0.717) is 30.6 Å². The maximum absolute atomic E-state index is 11.9. The SMILES string of the molecule is Cc1c(CNC(=O)Nc2ccc(OCC(C)C)nc2)cnn1C. The molecular formula is C16H23N5O2. The molecule has 0 saturated heterocycles. The maximum atomic E-state index is 11.9. The summed E-state index contributed by atoms with van der Waals surface area (Å²) in [5, 5.41) is 9.67. The molecule has 2 aromatic rings. The number of carbonyl (C=O) groups is 1. The molecule has 0 aliphatic carbocycles. The van der Waals surface area contributed by atoms with Gasteiger partial charge in [0, 0.05) is 30.9 Å². The molecule has 0 atom stereocenters. The van der Waals surface area contributed by atoms with E-state index in [2.05, 4.69) is 34.6 Å². The van der Waals surface area contributed by atoms with Gasteiger partial charge in [-0.1, -0.05) is 13.8 Å². The summed E-state index contributed by atoms with van der Waals surface area (Å²) in [5.74, 6) is 0.993. The first-order valence-electron chi connectivity index (χ1n) is 7.57.